The number of anilines is 1. The maximum absolute atomic E-state index is 9.56. The quantitative estimate of drug-likeness (QED) is 0.606. The average molecular weight is 417 g/mol. The Morgan fingerprint density at radius 3 is 2.77 bits per heavy atom. The van der Waals surface area contributed by atoms with E-state index in [1.165, 1.54) is 0 Å². The van der Waals surface area contributed by atoms with E-state index in [1.807, 2.05) is 11.0 Å². The number of aliphatic hydroxyl groups excluding tert-OH is 1. The van der Waals surface area contributed by atoms with E-state index in [2.05, 4.69) is 28.1 Å². The molecule has 1 aromatic carbocycles. The van der Waals surface area contributed by atoms with Gasteiger partial charge in [-0.3, -0.25) is 0 Å². The molecule has 3 heterocycles. The molecule has 0 aliphatic carbocycles. The van der Waals surface area contributed by atoms with E-state index in [-0.39, 0.29) is 0 Å². The van der Waals surface area contributed by atoms with Crippen LogP contribution in [0.4, 0.5) is 5.82 Å². The van der Waals surface area contributed by atoms with Crippen LogP contribution in [0.1, 0.15) is 24.5 Å². The number of ether oxygens (including phenoxy) is 1. The summed E-state index contributed by atoms with van der Waals surface area (Å²) in [5.41, 5.74) is 8.38. The molecule has 0 amide bonds. The molecule has 0 bridgehead atoms. The van der Waals surface area contributed by atoms with E-state index in [4.69, 9.17) is 10.5 Å². The molecule has 9 nitrogen and oxygen atoms in total. The van der Waals surface area contributed by atoms with Crippen molar-refractivity contribution in [2.75, 3.05) is 11.4 Å². The molecule has 0 spiro atoms. The molecule has 1 unspecified atom stereocenters. The van der Waals surface area contributed by atoms with Crippen LogP contribution in [0, 0.1) is 17.2 Å². The van der Waals surface area contributed by atoms with Crippen molar-refractivity contribution in [1.29, 1.82) is 5.26 Å². The number of allylic oxidation sites excluding steroid dienone is 1. The summed E-state index contributed by atoms with van der Waals surface area (Å²) in [4.78, 5) is 10.7. The Hall–Kier alpha value is -3.90. The Kier molecular flexibility index (Phi) is 5.56. The fourth-order valence-corrected chi connectivity index (χ4v) is 3.56. The minimum absolute atomic E-state index is 0.355. The Morgan fingerprint density at radius 1 is 1.32 bits per heavy atom. The highest BCUT2D eigenvalue weighted by molar-refractivity contribution is 5.66. The van der Waals surface area contributed by atoms with Gasteiger partial charge in [0.25, 0.3) is 0 Å². The monoisotopic (exact) mass is 417 g/mol. The van der Waals surface area contributed by atoms with Crippen molar-refractivity contribution in [1.82, 2.24) is 19.7 Å². The zero-order valence-electron chi connectivity index (χ0n) is 17.4. The lowest BCUT2D eigenvalue weighted by molar-refractivity contribution is 0.432. The lowest BCUT2D eigenvalue weighted by Gasteiger charge is -2.15. The van der Waals surface area contributed by atoms with Crippen LogP contribution in [-0.2, 0) is 13.6 Å². The molecule has 2 aromatic heterocycles. The lowest BCUT2D eigenvalue weighted by atomic mass is 10.1. The van der Waals surface area contributed by atoms with Gasteiger partial charge in [-0.2, -0.15) is 10.4 Å². The first-order chi connectivity index (χ1) is 15.0. The van der Waals surface area contributed by atoms with Gasteiger partial charge < -0.3 is 20.5 Å². The molecule has 1 aliphatic heterocycles. The number of aryl methyl sites for hydroxylation is 1. The smallest absolute Gasteiger partial charge is 0.219 e. The summed E-state index contributed by atoms with van der Waals surface area (Å²) in [5, 5.41) is 23.4. The van der Waals surface area contributed by atoms with Crippen LogP contribution in [0.15, 0.2) is 48.6 Å². The third-order valence-electron chi connectivity index (χ3n) is 5.16. The number of rotatable bonds is 5. The molecular formula is C22H23N7O2. The van der Waals surface area contributed by atoms with Crippen molar-refractivity contribution >= 4 is 5.82 Å². The van der Waals surface area contributed by atoms with Crippen LogP contribution >= 0.6 is 0 Å². The summed E-state index contributed by atoms with van der Waals surface area (Å²) >= 11 is 0. The Balaban J connectivity index is 1.69. The van der Waals surface area contributed by atoms with Gasteiger partial charge in [-0.15, -0.1) is 0 Å². The van der Waals surface area contributed by atoms with Crippen molar-refractivity contribution < 1.29 is 9.84 Å². The molecule has 9 heteroatoms. The molecule has 1 atom stereocenters. The minimum atomic E-state index is 0.355. The zero-order chi connectivity index (χ0) is 22.0. The predicted octanol–water partition coefficient (Wildman–Crippen LogP) is 3.25. The van der Waals surface area contributed by atoms with E-state index in [9.17, 15) is 10.4 Å². The summed E-state index contributed by atoms with van der Waals surface area (Å²) in [7, 11) is 1.78. The van der Waals surface area contributed by atoms with Gasteiger partial charge in [-0.05, 0) is 30.5 Å². The highest BCUT2D eigenvalue weighted by atomic mass is 16.5. The molecule has 3 aromatic rings. The second kappa shape index (κ2) is 8.45. The predicted molar refractivity (Wildman–Crippen MR) is 115 cm³/mol. The molecule has 1 fully saturated rings. The molecule has 4 rings (SSSR count). The number of aliphatic hydroxyl groups is 1. The third kappa shape index (κ3) is 4.06. The summed E-state index contributed by atoms with van der Waals surface area (Å²) in [6.45, 7) is 3.24. The second-order valence-electron chi connectivity index (χ2n) is 7.55. The minimum Gasteiger partial charge on any atom is -0.514 e. The number of aromatic nitrogens is 4. The van der Waals surface area contributed by atoms with Gasteiger partial charge in [-0.25, -0.2) is 14.6 Å². The first kappa shape index (κ1) is 20.4. The van der Waals surface area contributed by atoms with E-state index >= 15 is 0 Å². The van der Waals surface area contributed by atoms with Gasteiger partial charge >= 0.3 is 0 Å². The standard InChI is InChI=1S/C22H23N7O2/c1-14-5-17(13-30)29(12-14)20-7-21(28(2)27-20)31-19-6-15(8-23)3-4-18(19)22-25-10-16(9-24)11-26-22/h3-4,6-7,10-11,13-14,30H,5,9,12,24H2,1-2H3/b17-13+. The normalized spacial score (nSPS) is 17.2. The maximum Gasteiger partial charge on any atom is 0.219 e. The second-order valence-corrected chi connectivity index (χ2v) is 7.55. The van der Waals surface area contributed by atoms with Crippen molar-refractivity contribution in [2.45, 2.75) is 19.9 Å². The van der Waals surface area contributed by atoms with Crippen molar-refractivity contribution in [3.05, 3.63) is 59.7 Å². The van der Waals surface area contributed by atoms with E-state index in [1.54, 1.807) is 42.3 Å². The summed E-state index contributed by atoms with van der Waals surface area (Å²) in [6.07, 6.45) is 5.26. The highest BCUT2D eigenvalue weighted by Crippen LogP contribution is 2.36. The SMILES string of the molecule is CC1C/C(=C\O)N(c2cc(Oc3cc(C#N)ccc3-c3ncc(CN)cn3)n(C)n2)C1. The maximum atomic E-state index is 9.56. The van der Waals surface area contributed by atoms with Crippen LogP contribution in [0.3, 0.4) is 0 Å². The van der Waals surface area contributed by atoms with Crippen LogP contribution in [-0.4, -0.2) is 31.4 Å². The topological polar surface area (TPSA) is 126 Å². The summed E-state index contributed by atoms with van der Waals surface area (Å²) in [5.74, 6) is 2.50. The highest BCUT2D eigenvalue weighted by Gasteiger charge is 2.27. The average Bonchev–Trinajstić information content (AvgIpc) is 3.35. The van der Waals surface area contributed by atoms with E-state index in [0.29, 0.717) is 46.9 Å². The fraction of sp³-hybridized carbons (Fsp3) is 0.273. The molecule has 0 radical (unpaired) electrons. The van der Waals surface area contributed by atoms with E-state index < -0.39 is 0 Å². The largest absolute Gasteiger partial charge is 0.514 e. The molecule has 31 heavy (non-hydrogen) atoms. The van der Waals surface area contributed by atoms with Crippen LogP contribution in [0.2, 0.25) is 0 Å². The lowest BCUT2D eigenvalue weighted by Crippen LogP contribution is -2.18. The van der Waals surface area contributed by atoms with Gasteiger partial charge in [-0.1, -0.05) is 6.92 Å². The van der Waals surface area contributed by atoms with E-state index in [0.717, 1.165) is 30.5 Å². The number of nitrogens with two attached hydrogens (primary N) is 1. The van der Waals surface area contributed by atoms with Crippen LogP contribution in [0.5, 0.6) is 11.6 Å². The third-order valence-corrected chi connectivity index (χ3v) is 5.16. The van der Waals surface area contributed by atoms with Crippen molar-refractivity contribution in [3.63, 3.8) is 0 Å². The Labute approximate surface area is 180 Å². The Bertz CT molecular complexity index is 1160. The molecule has 3 N–H and O–H groups in total. The number of nitriles is 1. The number of hydrogen-bond acceptors (Lipinski definition) is 8. The summed E-state index contributed by atoms with van der Waals surface area (Å²) < 4.78 is 7.79. The molecule has 158 valence electrons. The Morgan fingerprint density at radius 2 is 2.10 bits per heavy atom. The van der Waals surface area contributed by atoms with Gasteiger partial charge in [0.1, 0.15) is 5.75 Å². The van der Waals surface area contributed by atoms with Crippen LogP contribution < -0.4 is 15.4 Å². The van der Waals surface area contributed by atoms with Crippen molar-refractivity contribution in [3.8, 4) is 29.1 Å². The number of hydrogen-bond donors (Lipinski definition) is 2. The van der Waals surface area contributed by atoms with Crippen molar-refractivity contribution in [2.24, 2.45) is 18.7 Å². The van der Waals surface area contributed by atoms with Gasteiger partial charge in [0, 0.05) is 44.2 Å². The van der Waals surface area contributed by atoms with Crippen LogP contribution in [0.25, 0.3) is 11.4 Å². The number of benzene rings is 1. The first-order valence-electron chi connectivity index (χ1n) is 9.90. The zero-order valence-corrected chi connectivity index (χ0v) is 17.4. The van der Waals surface area contributed by atoms with Gasteiger partial charge in [0.15, 0.2) is 11.6 Å². The molecule has 1 saturated heterocycles. The number of nitrogens with zero attached hydrogens (tertiary/aromatic N) is 6. The molecule has 0 saturated carbocycles. The van der Waals surface area contributed by atoms with Gasteiger partial charge in [0.2, 0.25) is 5.88 Å². The molecular weight excluding hydrogens is 394 g/mol. The molecule has 1 aliphatic rings. The summed E-state index contributed by atoms with van der Waals surface area (Å²) in [6, 6.07) is 9.05. The fourth-order valence-electron chi connectivity index (χ4n) is 3.56. The first-order valence-corrected chi connectivity index (χ1v) is 9.90. The van der Waals surface area contributed by atoms with Gasteiger partial charge in [0.05, 0.1) is 29.2 Å².